The topological polar surface area (TPSA) is 66.9 Å². The summed E-state index contributed by atoms with van der Waals surface area (Å²) >= 11 is 0. The van der Waals surface area contributed by atoms with Crippen LogP contribution in [0.3, 0.4) is 0 Å². The Balaban J connectivity index is 1.45. The van der Waals surface area contributed by atoms with Gasteiger partial charge in [-0.1, -0.05) is 24.3 Å². The molecule has 2 fully saturated rings. The number of nitrogens with zero attached hydrogens (tertiary/aromatic N) is 2. The van der Waals surface area contributed by atoms with Gasteiger partial charge in [-0.15, -0.1) is 0 Å². The molecule has 1 amide bonds. The van der Waals surface area contributed by atoms with Crippen LogP contribution < -0.4 is 4.74 Å². The minimum Gasteiger partial charge on any atom is -0.497 e. The maximum absolute atomic E-state index is 13.4. The van der Waals surface area contributed by atoms with Crippen molar-refractivity contribution in [2.75, 3.05) is 26.7 Å². The van der Waals surface area contributed by atoms with E-state index in [2.05, 4.69) is 0 Å². The molecular weight excluding hydrogens is 469 g/mol. The van der Waals surface area contributed by atoms with Crippen LogP contribution in [0.1, 0.15) is 42.9 Å². The highest BCUT2D eigenvalue weighted by molar-refractivity contribution is 7.89. The lowest BCUT2D eigenvalue weighted by molar-refractivity contribution is -0.140. The number of alkyl halides is 3. The first-order chi connectivity index (χ1) is 16.1. The highest BCUT2D eigenvalue weighted by Crippen LogP contribution is 2.38. The number of benzene rings is 2. The van der Waals surface area contributed by atoms with E-state index in [1.807, 2.05) is 29.2 Å². The third kappa shape index (κ3) is 4.79. The molecule has 2 saturated heterocycles. The molecule has 0 saturated carbocycles. The normalized spacial score (nSPS) is 20.5. The van der Waals surface area contributed by atoms with Gasteiger partial charge in [0.2, 0.25) is 15.9 Å². The lowest BCUT2D eigenvalue weighted by Crippen LogP contribution is -2.44. The van der Waals surface area contributed by atoms with Gasteiger partial charge in [0, 0.05) is 25.6 Å². The van der Waals surface area contributed by atoms with E-state index in [4.69, 9.17) is 4.74 Å². The fourth-order valence-electron chi connectivity index (χ4n) is 4.85. The molecule has 2 heterocycles. The van der Waals surface area contributed by atoms with E-state index in [0.717, 1.165) is 40.6 Å². The summed E-state index contributed by atoms with van der Waals surface area (Å²) in [6, 6.07) is 11.8. The van der Waals surface area contributed by atoms with Crippen molar-refractivity contribution in [3.63, 3.8) is 0 Å². The SMILES string of the molecule is COc1ccc([C@@H]2CCCN2C(=O)C2CCN(S(=O)(=O)c3ccccc3C(F)(F)F)CC2)cc1. The van der Waals surface area contributed by atoms with Gasteiger partial charge in [-0.05, 0) is 55.5 Å². The zero-order chi connectivity index (χ0) is 24.5. The molecule has 0 aromatic heterocycles. The monoisotopic (exact) mass is 496 g/mol. The maximum atomic E-state index is 13.4. The third-order valence-corrected chi connectivity index (χ3v) is 8.61. The zero-order valence-electron chi connectivity index (χ0n) is 18.8. The Morgan fingerprint density at radius 3 is 2.24 bits per heavy atom. The van der Waals surface area contributed by atoms with Crippen molar-refractivity contribution in [3.05, 3.63) is 59.7 Å². The minimum atomic E-state index is -4.77. The molecule has 6 nitrogen and oxygen atoms in total. The second-order valence-electron chi connectivity index (χ2n) is 8.64. The van der Waals surface area contributed by atoms with Crippen LogP contribution in [0.5, 0.6) is 5.75 Å². The molecule has 10 heteroatoms. The number of amides is 1. The molecule has 2 aliphatic heterocycles. The van der Waals surface area contributed by atoms with Crippen molar-refractivity contribution in [2.24, 2.45) is 5.92 Å². The molecule has 2 aromatic carbocycles. The molecule has 2 aliphatic rings. The molecule has 0 bridgehead atoms. The number of hydrogen-bond donors (Lipinski definition) is 0. The molecule has 184 valence electrons. The lowest BCUT2D eigenvalue weighted by Gasteiger charge is -2.34. The predicted molar refractivity (Wildman–Crippen MR) is 120 cm³/mol. The number of carbonyl (C=O) groups excluding carboxylic acids is 1. The van der Waals surface area contributed by atoms with E-state index < -0.39 is 26.7 Å². The zero-order valence-corrected chi connectivity index (χ0v) is 19.6. The summed E-state index contributed by atoms with van der Waals surface area (Å²) in [6.45, 7) is 0.644. The van der Waals surface area contributed by atoms with Crippen molar-refractivity contribution in [1.29, 1.82) is 0 Å². The summed E-state index contributed by atoms with van der Waals surface area (Å²) in [6.07, 6.45) is -2.50. The first kappa shape index (κ1) is 24.5. The third-order valence-electron chi connectivity index (χ3n) is 6.65. The highest BCUT2D eigenvalue weighted by atomic mass is 32.2. The average Bonchev–Trinajstić information content (AvgIpc) is 3.33. The van der Waals surface area contributed by atoms with Crippen molar-refractivity contribution < 1.29 is 31.1 Å². The second kappa shape index (κ2) is 9.58. The quantitative estimate of drug-likeness (QED) is 0.612. The van der Waals surface area contributed by atoms with Crippen molar-refractivity contribution >= 4 is 15.9 Å². The lowest BCUT2D eigenvalue weighted by atomic mass is 9.95. The van der Waals surface area contributed by atoms with Crippen LogP contribution in [0.15, 0.2) is 53.4 Å². The largest absolute Gasteiger partial charge is 0.497 e. The standard InChI is InChI=1S/C24H27F3N2O4S/c1-33-19-10-8-17(9-11-19)21-6-4-14-29(21)23(30)18-12-15-28(16-13-18)34(31,32)22-7-3-2-5-20(22)24(25,26)27/h2-3,5,7-11,18,21H,4,6,12-16H2,1H3/t21-/m0/s1. The van der Waals surface area contributed by atoms with Crippen molar-refractivity contribution in [1.82, 2.24) is 9.21 Å². The van der Waals surface area contributed by atoms with Gasteiger partial charge >= 0.3 is 6.18 Å². The molecule has 34 heavy (non-hydrogen) atoms. The summed E-state index contributed by atoms with van der Waals surface area (Å²) in [5.41, 5.74) is -0.150. The first-order valence-corrected chi connectivity index (χ1v) is 12.7. The first-order valence-electron chi connectivity index (χ1n) is 11.2. The second-order valence-corrected chi connectivity index (χ2v) is 10.5. The molecular formula is C24H27F3N2O4S. The van der Waals surface area contributed by atoms with E-state index in [1.54, 1.807) is 7.11 Å². The van der Waals surface area contributed by atoms with Crippen LogP contribution in [0, 0.1) is 5.92 Å². The number of ether oxygens (including phenoxy) is 1. The summed E-state index contributed by atoms with van der Waals surface area (Å²) < 4.78 is 72.4. The summed E-state index contributed by atoms with van der Waals surface area (Å²) in [5.74, 6) is 0.356. The molecule has 4 rings (SSSR count). The van der Waals surface area contributed by atoms with Crippen LogP contribution in [0.2, 0.25) is 0 Å². The minimum absolute atomic E-state index is 0.00593. The number of halogens is 3. The van der Waals surface area contributed by atoms with Crippen LogP contribution in [-0.4, -0.2) is 50.3 Å². The van der Waals surface area contributed by atoms with Crippen LogP contribution in [-0.2, 0) is 21.0 Å². The van der Waals surface area contributed by atoms with Crippen molar-refractivity contribution in [2.45, 2.75) is 42.8 Å². The number of likely N-dealkylation sites (tertiary alicyclic amines) is 1. The van der Waals surface area contributed by atoms with Gasteiger partial charge in [0.15, 0.2) is 0 Å². The average molecular weight is 497 g/mol. The van der Waals surface area contributed by atoms with Gasteiger partial charge in [-0.2, -0.15) is 17.5 Å². The van der Waals surface area contributed by atoms with Gasteiger partial charge in [-0.25, -0.2) is 8.42 Å². The van der Waals surface area contributed by atoms with E-state index >= 15 is 0 Å². The molecule has 2 aromatic rings. The van der Waals surface area contributed by atoms with Gasteiger partial charge in [-0.3, -0.25) is 4.79 Å². The smallest absolute Gasteiger partial charge is 0.417 e. The van der Waals surface area contributed by atoms with Crippen LogP contribution in [0.4, 0.5) is 13.2 Å². The Labute approximate surface area is 197 Å². The maximum Gasteiger partial charge on any atom is 0.417 e. The van der Waals surface area contributed by atoms with E-state index in [-0.39, 0.29) is 43.8 Å². The molecule has 0 radical (unpaired) electrons. The van der Waals surface area contributed by atoms with E-state index in [9.17, 15) is 26.4 Å². The Morgan fingerprint density at radius 2 is 1.62 bits per heavy atom. The molecule has 1 atom stereocenters. The summed E-state index contributed by atoms with van der Waals surface area (Å²) in [4.78, 5) is 14.4. The molecule has 0 N–H and O–H groups in total. The number of sulfonamides is 1. The Morgan fingerprint density at radius 1 is 0.971 bits per heavy atom. The number of rotatable bonds is 5. The molecule has 0 aliphatic carbocycles. The van der Waals surface area contributed by atoms with Gasteiger partial charge in [0.05, 0.1) is 23.6 Å². The number of piperidine rings is 1. The van der Waals surface area contributed by atoms with Gasteiger partial charge < -0.3 is 9.64 Å². The number of carbonyl (C=O) groups is 1. The Hall–Kier alpha value is -2.59. The van der Waals surface area contributed by atoms with Crippen LogP contribution in [0.25, 0.3) is 0 Å². The molecule has 0 unspecified atom stereocenters. The highest BCUT2D eigenvalue weighted by Gasteiger charge is 2.41. The van der Waals surface area contributed by atoms with Crippen LogP contribution >= 0.6 is 0 Å². The summed E-state index contributed by atoms with van der Waals surface area (Å²) in [5, 5.41) is 0. The van der Waals surface area contributed by atoms with E-state index in [1.165, 1.54) is 12.1 Å². The fourth-order valence-corrected chi connectivity index (χ4v) is 6.53. The number of hydrogen-bond acceptors (Lipinski definition) is 4. The Kier molecular flexibility index (Phi) is 6.91. The fraction of sp³-hybridized carbons (Fsp3) is 0.458. The number of methoxy groups -OCH3 is 1. The summed E-state index contributed by atoms with van der Waals surface area (Å²) in [7, 11) is -2.74. The van der Waals surface area contributed by atoms with Crippen molar-refractivity contribution in [3.8, 4) is 5.75 Å². The van der Waals surface area contributed by atoms with Gasteiger partial charge in [0.1, 0.15) is 5.75 Å². The van der Waals surface area contributed by atoms with Gasteiger partial charge in [0.25, 0.3) is 0 Å². The van der Waals surface area contributed by atoms with E-state index in [0.29, 0.717) is 6.54 Å². The Bertz CT molecular complexity index is 1130. The molecule has 0 spiro atoms. The predicted octanol–water partition coefficient (Wildman–Crippen LogP) is 4.48.